The first-order chi connectivity index (χ1) is 6.63. The molecule has 74 valence electrons. The largest absolute Gasteiger partial charge is 0.493 e. The molecule has 0 aliphatic carbocycles. The van der Waals surface area contributed by atoms with Crippen molar-refractivity contribution in [2.45, 2.75) is 20.8 Å². The molecule has 0 aliphatic rings. The monoisotopic (exact) mass is 190 g/mol. The number of furan rings is 1. The molecule has 1 aromatic carbocycles. The normalized spacial score (nSPS) is 10.9. The minimum absolute atomic E-state index is 0.816. The predicted octanol–water partition coefficient (Wildman–Crippen LogP) is 3.37. The average molecular weight is 190 g/mol. The van der Waals surface area contributed by atoms with Crippen LogP contribution in [0.4, 0.5) is 0 Å². The fraction of sp³-hybridized carbons (Fsp3) is 0.333. The van der Waals surface area contributed by atoms with Crippen LogP contribution in [0.3, 0.4) is 0 Å². The van der Waals surface area contributed by atoms with Crippen molar-refractivity contribution < 1.29 is 9.15 Å². The molecule has 1 heterocycles. The van der Waals surface area contributed by atoms with Crippen molar-refractivity contribution in [3.8, 4) is 5.75 Å². The number of hydrogen-bond acceptors (Lipinski definition) is 2. The summed E-state index contributed by atoms with van der Waals surface area (Å²) in [6, 6.07) is 4.07. The lowest BCUT2D eigenvalue weighted by Crippen LogP contribution is -1.87. The van der Waals surface area contributed by atoms with Gasteiger partial charge >= 0.3 is 0 Å². The van der Waals surface area contributed by atoms with Crippen molar-refractivity contribution in [2.75, 3.05) is 7.11 Å². The summed E-state index contributed by atoms with van der Waals surface area (Å²) in [5.74, 6) is 1.74. The lowest BCUT2D eigenvalue weighted by Gasteiger charge is -2.05. The van der Waals surface area contributed by atoms with E-state index in [1.54, 1.807) is 7.11 Å². The zero-order chi connectivity index (χ0) is 10.3. The third-order valence-corrected chi connectivity index (χ3v) is 2.64. The molecule has 0 spiro atoms. The van der Waals surface area contributed by atoms with Gasteiger partial charge in [-0.25, -0.2) is 0 Å². The first kappa shape index (κ1) is 9.13. The van der Waals surface area contributed by atoms with Crippen LogP contribution in [0, 0.1) is 20.8 Å². The summed E-state index contributed by atoms with van der Waals surface area (Å²) >= 11 is 0. The average Bonchev–Trinajstić information content (AvgIpc) is 2.54. The maximum atomic E-state index is 5.60. The summed E-state index contributed by atoms with van der Waals surface area (Å²) in [7, 11) is 1.67. The van der Waals surface area contributed by atoms with Crippen LogP contribution in [-0.2, 0) is 0 Å². The fourth-order valence-corrected chi connectivity index (χ4v) is 1.71. The van der Waals surface area contributed by atoms with Gasteiger partial charge in [-0.05, 0) is 44.0 Å². The van der Waals surface area contributed by atoms with E-state index in [2.05, 4.69) is 19.9 Å². The zero-order valence-corrected chi connectivity index (χ0v) is 8.97. The van der Waals surface area contributed by atoms with Crippen molar-refractivity contribution >= 4 is 11.0 Å². The Labute approximate surface area is 83.5 Å². The Morgan fingerprint density at radius 3 is 2.50 bits per heavy atom. The standard InChI is InChI=1S/C12H14O2/c1-7-5-11(13-4)12-10(9(7)3)6-8(2)14-12/h5-6H,1-4H3. The van der Waals surface area contributed by atoms with E-state index in [0.717, 1.165) is 22.5 Å². The molecule has 0 amide bonds. The molecule has 0 saturated carbocycles. The number of aryl methyl sites for hydroxylation is 3. The molecule has 2 nitrogen and oxygen atoms in total. The Kier molecular flexibility index (Phi) is 1.99. The van der Waals surface area contributed by atoms with Gasteiger partial charge in [0.15, 0.2) is 11.3 Å². The molecular weight excluding hydrogens is 176 g/mol. The van der Waals surface area contributed by atoms with E-state index in [-0.39, 0.29) is 0 Å². The van der Waals surface area contributed by atoms with Crippen LogP contribution >= 0.6 is 0 Å². The molecular formula is C12H14O2. The Balaban J connectivity index is 2.88. The SMILES string of the molecule is COc1cc(C)c(C)c2cc(C)oc12. The van der Waals surface area contributed by atoms with Crippen LogP contribution in [0.5, 0.6) is 5.75 Å². The quantitative estimate of drug-likeness (QED) is 0.688. The summed E-state index contributed by atoms with van der Waals surface area (Å²) < 4.78 is 10.9. The Morgan fingerprint density at radius 1 is 1.14 bits per heavy atom. The van der Waals surface area contributed by atoms with E-state index in [4.69, 9.17) is 9.15 Å². The highest BCUT2D eigenvalue weighted by atomic mass is 16.5. The van der Waals surface area contributed by atoms with E-state index in [0.29, 0.717) is 0 Å². The van der Waals surface area contributed by atoms with Gasteiger partial charge in [0.2, 0.25) is 0 Å². The van der Waals surface area contributed by atoms with Gasteiger partial charge in [0, 0.05) is 5.39 Å². The molecule has 2 rings (SSSR count). The van der Waals surface area contributed by atoms with Gasteiger partial charge in [0.25, 0.3) is 0 Å². The first-order valence-electron chi connectivity index (χ1n) is 4.68. The van der Waals surface area contributed by atoms with Crippen LogP contribution in [0.2, 0.25) is 0 Å². The molecule has 0 aliphatic heterocycles. The van der Waals surface area contributed by atoms with Crippen molar-refractivity contribution in [3.05, 3.63) is 29.0 Å². The number of rotatable bonds is 1. The van der Waals surface area contributed by atoms with Gasteiger partial charge < -0.3 is 9.15 Å². The molecule has 0 unspecified atom stereocenters. The maximum absolute atomic E-state index is 5.60. The van der Waals surface area contributed by atoms with Gasteiger partial charge in [-0.15, -0.1) is 0 Å². The minimum atomic E-state index is 0.816. The fourth-order valence-electron chi connectivity index (χ4n) is 1.71. The summed E-state index contributed by atoms with van der Waals surface area (Å²) in [5.41, 5.74) is 3.35. The van der Waals surface area contributed by atoms with Gasteiger partial charge in [-0.3, -0.25) is 0 Å². The molecule has 0 bridgehead atoms. The van der Waals surface area contributed by atoms with Crippen LogP contribution in [0.1, 0.15) is 16.9 Å². The molecule has 0 fully saturated rings. The van der Waals surface area contributed by atoms with E-state index in [1.165, 1.54) is 11.1 Å². The maximum Gasteiger partial charge on any atom is 0.176 e. The number of benzene rings is 1. The second-order valence-electron chi connectivity index (χ2n) is 3.62. The van der Waals surface area contributed by atoms with E-state index in [1.807, 2.05) is 13.0 Å². The third kappa shape index (κ3) is 1.18. The molecule has 0 radical (unpaired) electrons. The van der Waals surface area contributed by atoms with Gasteiger partial charge in [0.05, 0.1) is 7.11 Å². The van der Waals surface area contributed by atoms with E-state index >= 15 is 0 Å². The lowest BCUT2D eigenvalue weighted by molar-refractivity contribution is 0.408. The highest BCUT2D eigenvalue weighted by molar-refractivity contribution is 5.87. The van der Waals surface area contributed by atoms with Gasteiger partial charge in [0.1, 0.15) is 5.76 Å². The second-order valence-corrected chi connectivity index (χ2v) is 3.62. The number of fused-ring (bicyclic) bond motifs is 1. The second kappa shape index (κ2) is 3.05. The van der Waals surface area contributed by atoms with Crippen LogP contribution in [-0.4, -0.2) is 7.11 Å². The molecule has 2 heteroatoms. The summed E-state index contributed by atoms with van der Waals surface area (Å²) in [5, 5.41) is 1.15. The van der Waals surface area contributed by atoms with Crippen LogP contribution in [0.25, 0.3) is 11.0 Å². The highest BCUT2D eigenvalue weighted by Crippen LogP contribution is 2.32. The molecule has 1 aromatic heterocycles. The third-order valence-electron chi connectivity index (χ3n) is 2.64. The molecule has 2 aromatic rings. The number of ether oxygens (including phenoxy) is 1. The Hall–Kier alpha value is -1.44. The van der Waals surface area contributed by atoms with Crippen LogP contribution < -0.4 is 4.74 Å². The number of hydrogen-bond donors (Lipinski definition) is 0. The molecule has 0 N–H and O–H groups in total. The van der Waals surface area contributed by atoms with E-state index in [9.17, 15) is 0 Å². The predicted molar refractivity (Wildman–Crippen MR) is 57.0 cm³/mol. The Bertz CT molecular complexity index is 481. The molecule has 0 atom stereocenters. The van der Waals surface area contributed by atoms with E-state index < -0.39 is 0 Å². The summed E-state index contributed by atoms with van der Waals surface area (Å²) in [4.78, 5) is 0. The minimum Gasteiger partial charge on any atom is -0.493 e. The summed E-state index contributed by atoms with van der Waals surface area (Å²) in [6.45, 7) is 6.14. The van der Waals surface area contributed by atoms with Crippen molar-refractivity contribution in [3.63, 3.8) is 0 Å². The Morgan fingerprint density at radius 2 is 1.86 bits per heavy atom. The summed E-state index contributed by atoms with van der Waals surface area (Å²) in [6.07, 6.45) is 0. The smallest absolute Gasteiger partial charge is 0.176 e. The topological polar surface area (TPSA) is 22.4 Å². The molecule has 14 heavy (non-hydrogen) atoms. The van der Waals surface area contributed by atoms with Crippen LogP contribution in [0.15, 0.2) is 16.5 Å². The lowest BCUT2D eigenvalue weighted by atomic mass is 10.1. The highest BCUT2D eigenvalue weighted by Gasteiger charge is 2.11. The van der Waals surface area contributed by atoms with Gasteiger partial charge in [-0.1, -0.05) is 0 Å². The van der Waals surface area contributed by atoms with Crippen molar-refractivity contribution in [2.24, 2.45) is 0 Å². The van der Waals surface area contributed by atoms with Crippen molar-refractivity contribution in [1.82, 2.24) is 0 Å². The first-order valence-corrected chi connectivity index (χ1v) is 4.68. The zero-order valence-electron chi connectivity index (χ0n) is 8.97. The number of methoxy groups -OCH3 is 1. The van der Waals surface area contributed by atoms with Crippen molar-refractivity contribution in [1.29, 1.82) is 0 Å². The van der Waals surface area contributed by atoms with Gasteiger partial charge in [-0.2, -0.15) is 0 Å². The molecule has 0 saturated heterocycles.